The van der Waals surface area contributed by atoms with Gasteiger partial charge in [0.05, 0.1) is 15.9 Å². The zero-order chi connectivity index (χ0) is 14.2. The van der Waals surface area contributed by atoms with Crippen LogP contribution in [0.4, 0.5) is 0 Å². The summed E-state index contributed by atoms with van der Waals surface area (Å²) >= 11 is 3.46. The van der Waals surface area contributed by atoms with Gasteiger partial charge in [0.15, 0.2) is 11.5 Å². The van der Waals surface area contributed by atoms with Crippen molar-refractivity contribution in [1.29, 1.82) is 0 Å². The third-order valence-electron chi connectivity index (χ3n) is 2.70. The molecule has 0 saturated carbocycles. The molecule has 0 bridgehead atoms. The lowest BCUT2D eigenvalue weighted by atomic mass is 10.3. The van der Waals surface area contributed by atoms with Gasteiger partial charge < -0.3 is 4.90 Å². The maximum absolute atomic E-state index is 11.7. The van der Waals surface area contributed by atoms with Gasteiger partial charge in [0.2, 0.25) is 0 Å². The monoisotopic (exact) mass is 323 g/mol. The van der Waals surface area contributed by atoms with Crippen molar-refractivity contribution in [2.75, 3.05) is 14.1 Å². The van der Waals surface area contributed by atoms with Crippen molar-refractivity contribution < 1.29 is 4.79 Å². The van der Waals surface area contributed by atoms with Gasteiger partial charge in [-0.1, -0.05) is 0 Å². The number of carbonyl (C=O) groups is 1. The Hall–Kier alpha value is -1.76. The Bertz CT molecular complexity index is 618. The first-order chi connectivity index (χ1) is 8.91. The molecule has 2 heterocycles. The highest BCUT2D eigenvalue weighted by Gasteiger charge is 2.14. The van der Waals surface area contributed by atoms with Crippen LogP contribution in [0.25, 0.3) is 5.82 Å². The molecule has 0 saturated heterocycles. The predicted octanol–water partition coefficient (Wildman–Crippen LogP) is 1.74. The Morgan fingerprint density at radius 1 is 1.26 bits per heavy atom. The fourth-order valence-corrected chi connectivity index (χ4v) is 1.88. The maximum atomic E-state index is 11.7. The Morgan fingerprint density at radius 2 is 1.95 bits per heavy atom. The Kier molecular flexibility index (Phi) is 3.66. The van der Waals surface area contributed by atoms with E-state index in [1.165, 1.54) is 4.90 Å². The highest BCUT2D eigenvalue weighted by atomic mass is 79.9. The molecular weight excluding hydrogens is 310 g/mol. The van der Waals surface area contributed by atoms with Gasteiger partial charge in [0, 0.05) is 14.1 Å². The second-order valence-corrected chi connectivity index (χ2v) is 5.17. The maximum Gasteiger partial charge on any atom is 0.273 e. The lowest BCUT2D eigenvalue weighted by Gasteiger charge is -2.09. The van der Waals surface area contributed by atoms with Crippen molar-refractivity contribution in [2.45, 2.75) is 13.8 Å². The number of hydrogen-bond acceptors (Lipinski definition) is 4. The fourth-order valence-electron chi connectivity index (χ4n) is 1.63. The lowest BCUT2D eigenvalue weighted by molar-refractivity contribution is 0.0821. The second kappa shape index (κ2) is 5.08. The molecule has 0 N–H and O–H groups in total. The van der Waals surface area contributed by atoms with Crippen LogP contribution in [0.3, 0.4) is 0 Å². The van der Waals surface area contributed by atoms with Crippen molar-refractivity contribution in [2.24, 2.45) is 0 Å². The molecule has 100 valence electrons. The molecule has 0 atom stereocenters. The van der Waals surface area contributed by atoms with Gasteiger partial charge in [-0.25, -0.2) is 4.68 Å². The molecule has 2 rings (SSSR count). The van der Waals surface area contributed by atoms with E-state index in [0.717, 1.165) is 15.9 Å². The van der Waals surface area contributed by atoms with E-state index in [1.54, 1.807) is 30.9 Å². The third kappa shape index (κ3) is 2.51. The average Bonchev–Trinajstić information content (AvgIpc) is 2.66. The molecule has 0 aromatic carbocycles. The molecule has 0 fully saturated rings. The summed E-state index contributed by atoms with van der Waals surface area (Å²) in [5, 5.41) is 12.4. The molecule has 6 nitrogen and oxygen atoms in total. The van der Waals surface area contributed by atoms with E-state index < -0.39 is 0 Å². The van der Waals surface area contributed by atoms with Gasteiger partial charge in [0.1, 0.15) is 0 Å². The normalized spacial score (nSPS) is 10.6. The fraction of sp³-hybridized carbons (Fsp3) is 0.333. The molecule has 0 aliphatic rings. The van der Waals surface area contributed by atoms with Crippen LogP contribution in [0.5, 0.6) is 0 Å². The van der Waals surface area contributed by atoms with E-state index in [9.17, 15) is 4.79 Å². The van der Waals surface area contributed by atoms with E-state index in [4.69, 9.17) is 0 Å². The van der Waals surface area contributed by atoms with Crippen LogP contribution in [0.1, 0.15) is 21.9 Å². The van der Waals surface area contributed by atoms with Crippen molar-refractivity contribution in [1.82, 2.24) is 24.9 Å². The van der Waals surface area contributed by atoms with Gasteiger partial charge in [0.25, 0.3) is 5.91 Å². The number of hydrogen-bond donors (Lipinski definition) is 0. The topological polar surface area (TPSA) is 63.9 Å². The standard InChI is InChI=1S/C12H14BrN5O/c1-7-11(13)8(2)18(16-7)10-6-5-9(14-15-10)12(19)17(3)4/h5-6H,1-4H3. The van der Waals surface area contributed by atoms with Crippen molar-refractivity contribution in [3.8, 4) is 5.82 Å². The minimum atomic E-state index is -0.173. The smallest absolute Gasteiger partial charge is 0.273 e. The quantitative estimate of drug-likeness (QED) is 0.844. The molecule has 7 heteroatoms. The van der Waals surface area contributed by atoms with Gasteiger partial charge in [-0.05, 0) is 41.9 Å². The van der Waals surface area contributed by atoms with Crippen LogP contribution in [0.15, 0.2) is 16.6 Å². The Labute approximate surface area is 119 Å². The second-order valence-electron chi connectivity index (χ2n) is 4.37. The zero-order valence-corrected chi connectivity index (χ0v) is 12.8. The molecule has 2 aromatic heterocycles. The summed E-state index contributed by atoms with van der Waals surface area (Å²) in [5.74, 6) is 0.412. The minimum absolute atomic E-state index is 0.173. The van der Waals surface area contributed by atoms with Crippen molar-refractivity contribution >= 4 is 21.8 Å². The number of rotatable bonds is 2. The van der Waals surface area contributed by atoms with Gasteiger partial charge in [-0.3, -0.25) is 4.79 Å². The van der Waals surface area contributed by atoms with Gasteiger partial charge >= 0.3 is 0 Å². The third-order valence-corrected chi connectivity index (χ3v) is 3.84. The van der Waals surface area contributed by atoms with Gasteiger partial charge in [-0.15, -0.1) is 10.2 Å². The SMILES string of the molecule is Cc1nn(-c2ccc(C(=O)N(C)C)nn2)c(C)c1Br. The first-order valence-electron chi connectivity index (χ1n) is 5.69. The van der Waals surface area contributed by atoms with Gasteiger partial charge in [-0.2, -0.15) is 5.10 Å². The summed E-state index contributed by atoms with van der Waals surface area (Å²) in [6, 6.07) is 3.38. The van der Waals surface area contributed by atoms with Crippen LogP contribution in [0.2, 0.25) is 0 Å². The van der Waals surface area contributed by atoms with E-state index in [0.29, 0.717) is 11.5 Å². The summed E-state index contributed by atoms with van der Waals surface area (Å²) in [7, 11) is 3.35. The first-order valence-corrected chi connectivity index (χ1v) is 6.48. The summed E-state index contributed by atoms with van der Waals surface area (Å²) in [6.07, 6.45) is 0. The molecule has 0 spiro atoms. The number of halogens is 1. The lowest BCUT2D eigenvalue weighted by Crippen LogP contribution is -2.23. The number of aromatic nitrogens is 4. The Morgan fingerprint density at radius 3 is 2.37 bits per heavy atom. The predicted molar refractivity (Wildman–Crippen MR) is 74.3 cm³/mol. The molecule has 1 amide bonds. The number of nitrogens with zero attached hydrogens (tertiary/aromatic N) is 5. The summed E-state index contributed by atoms with van der Waals surface area (Å²) in [4.78, 5) is 13.2. The number of amides is 1. The molecule has 0 aliphatic heterocycles. The van der Waals surface area contributed by atoms with Crippen molar-refractivity contribution in [3.05, 3.63) is 33.7 Å². The summed E-state index contributed by atoms with van der Waals surface area (Å²) in [5.41, 5.74) is 2.14. The van der Waals surface area contributed by atoms with Crippen molar-refractivity contribution in [3.63, 3.8) is 0 Å². The largest absolute Gasteiger partial charge is 0.343 e. The van der Waals surface area contributed by atoms with E-state index in [1.807, 2.05) is 13.8 Å². The molecule has 0 radical (unpaired) electrons. The van der Waals surface area contributed by atoms with Crippen LogP contribution in [-0.4, -0.2) is 44.9 Å². The van der Waals surface area contributed by atoms with Crippen LogP contribution >= 0.6 is 15.9 Å². The van der Waals surface area contributed by atoms with E-state index in [-0.39, 0.29) is 5.91 Å². The molecule has 19 heavy (non-hydrogen) atoms. The Balaban J connectivity index is 2.38. The molecule has 0 aliphatic carbocycles. The van der Waals surface area contributed by atoms with E-state index >= 15 is 0 Å². The van der Waals surface area contributed by atoms with Crippen LogP contribution < -0.4 is 0 Å². The average molecular weight is 324 g/mol. The van der Waals surface area contributed by atoms with E-state index in [2.05, 4.69) is 31.2 Å². The minimum Gasteiger partial charge on any atom is -0.343 e. The van der Waals surface area contributed by atoms with Crippen LogP contribution in [-0.2, 0) is 0 Å². The number of aryl methyl sites for hydroxylation is 1. The summed E-state index contributed by atoms with van der Waals surface area (Å²) < 4.78 is 2.64. The first kappa shape index (κ1) is 13.7. The van der Waals surface area contributed by atoms with Crippen LogP contribution in [0, 0.1) is 13.8 Å². The summed E-state index contributed by atoms with van der Waals surface area (Å²) in [6.45, 7) is 3.84. The molecular formula is C12H14BrN5O. The molecule has 2 aromatic rings. The zero-order valence-electron chi connectivity index (χ0n) is 11.2. The number of carbonyl (C=O) groups excluding carboxylic acids is 1. The highest BCUT2D eigenvalue weighted by Crippen LogP contribution is 2.21. The molecule has 0 unspecified atom stereocenters. The highest BCUT2D eigenvalue weighted by molar-refractivity contribution is 9.10.